The normalized spacial score (nSPS) is 23.5. The number of benzene rings is 4. The van der Waals surface area contributed by atoms with Crippen LogP contribution >= 0.6 is 7.52 Å². The molecule has 11 nitrogen and oxygen atoms in total. The first-order valence-electron chi connectivity index (χ1n) is 22.0. The molecule has 1 aliphatic carbocycles. The molecule has 4 aromatic carbocycles. The van der Waals surface area contributed by atoms with Gasteiger partial charge in [0.1, 0.15) is 23.9 Å². The number of amides is 3. The van der Waals surface area contributed by atoms with E-state index in [0.717, 1.165) is 63.5 Å². The molecule has 3 amide bonds. The number of para-hydroxylation sites is 1. The SMILES string of the molecule is CCCCOC(=O)[C@H](C)NP(=O)(Oc1ccccc1)C(F)(F)c1ccc2ccc(C(=O)N[C@H]3CCCC[C@H]4CC[C@@H](C(=O)N5CC(c6ccccc6)CC56CC6)N4C3=O)cc2c1. The van der Waals surface area contributed by atoms with Gasteiger partial charge in [-0.05, 0) is 105 Å². The van der Waals surface area contributed by atoms with Gasteiger partial charge in [0.15, 0.2) is 0 Å². The van der Waals surface area contributed by atoms with Crippen LogP contribution in [0.1, 0.15) is 112 Å². The van der Waals surface area contributed by atoms with Gasteiger partial charge in [0.05, 0.1) is 6.61 Å². The van der Waals surface area contributed by atoms with Gasteiger partial charge < -0.3 is 24.4 Å². The van der Waals surface area contributed by atoms with E-state index in [1.165, 1.54) is 36.8 Å². The maximum absolute atomic E-state index is 16.7. The van der Waals surface area contributed by atoms with E-state index in [-0.39, 0.29) is 52.6 Å². The summed E-state index contributed by atoms with van der Waals surface area (Å²) in [4.78, 5) is 59.5. The first-order valence-corrected chi connectivity index (χ1v) is 23.7. The Bertz CT molecular complexity index is 2350. The molecule has 3 aliphatic heterocycles. The third kappa shape index (κ3) is 8.75. The van der Waals surface area contributed by atoms with Crippen molar-refractivity contribution in [1.82, 2.24) is 20.2 Å². The van der Waals surface area contributed by atoms with Crippen LogP contribution in [0.3, 0.4) is 0 Å². The molecular formula is C48H55F2N4O7P. The molecule has 0 bridgehead atoms. The van der Waals surface area contributed by atoms with Crippen molar-refractivity contribution in [2.45, 2.75) is 126 Å². The van der Waals surface area contributed by atoms with Crippen molar-refractivity contribution in [3.05, 3.63) is 114 Å². The summed E-state index contributed by atoms with van der Waals surface area (Å²) in [6.45, 7) is 3.92. The van der Waals surface area contributed by atoms with Gasteiger partial charge in [-0.15, -0.1) is 0 Å². The number of hydrogen-bond donors (Lipinski definition) is 2. The topological polar surface area (TPSA) is 134 Å². The van der Waals surface area contributed by atoms with Crippen LogP contribution in [0.2, 0.25) is 0 Å². The van der Waals surface area contributed by atoms with E-state index in [9.17, 15) is 23.7 Å². The van der Waals surface area contributed by atoms with Crippen LogP contribution in [0.5, 0.6) is 5.75 Å². The summed E-state index contributed by atoms with van der Waals surface area (Å²) in [5, 5.41) is 6.02. The van der Waals surface area contributed by atoms with Gasteiger partial charge in [0.25, 0.3) is 5.91 Å². The number of ether oxygens (including phenoxy) is 1. The Morgan fingerprint density at radius 1 is 0.903 bits per heavy atom. The molecule has 6 atom stereocenters. The molecule has 62 heavy (non-hydrogen) atoms. The summed E-state index contributed by atoms with van der Waals surface area (Å²) in [6, 6.07) is 23.2. The quantitative estimate of drug-likeness (QED) is 0.0729. The lowest BCUT2D eigenvalue weighted by Crippen LogP contribution is -2.57. The van der Waals surface area contributed by atoms with E-state index >= 15 is 8.78 Å². The van der Waals surface area contributed by atoms with Crippen molar-refractivity contribution >= 4 is 42.0 Å². The molecule has 14 heteroatoms. The van der Waals surface area contributed by atoms with Crippen LogP contribution in [0.25, 0.3) is 10.8 Å². The van der Waals surface area contributed by atoms with Crippen molar-refractivity contribution in [3.8, 4) is 5.75 Å². The lowest BCUT2D eigenvalue weighted by molar-refractivity contribution is -0.148. The molecule has 8 rings (SSSR count). The maximum Gasteiger partial charge on any atom is 0.390 e. The number of likely N-dealkylation sites (tertiary alicyclic amines) is 1. The highest BCUT2D eigenvalue weighted by atomic mass is 31.2. The average Bonchev–Trinajstić information content (AvgIpc) is 3.76. The highest BCUT2D eigenvalue weighted by Gasteiger charge is 2.59. The zero-order chi connectivity index (χ0) is 43.6. The van der Waals surface area contributed by atoms with E-state index in [4.69, 9.17) is 9.26 Å². The van der Waals surface area contributed by atoms with Gasteiger partial charge in [-0.25, -0.2) is 5.09 Å². The summed E-state index contributed by atoms with van der Waals surface area (Å²) in [5.74, 6) is -1.51. The fraction of sp³-hybridized carbons (Fsp3) is 0.458. The number of rotatable bonds is 14. The van der Waals surface area contributed by atoms with Gasteiger partial charge >= 0.3 is 19.2 Å². The zero-order valence-corrected chi connectivity index (χ0v) is 36.2. The van der Waals surface area contributed by atoms with Crippen molar-refractivity contribution in [2.75, 3.05) is 13.2 Å². The van der Waals surface area contributed by atoms with Crippen LogP contribution in [0.15, 0.2) is 97.1 Å². The molecule has 3 saturated heterocycles. The number of alkyl halides is 2. The number of unbranched alkanes of at least 4 members (excludes halogenated alkanes) is 1. The lowest BCUT2D eigenvalue weighted by atomic mass is 9.96. The number of nitrogens with one attached hydrogen (secondary N) is 2. The standard InChI is InChI=1S/C48H55F2N4O7P/c1-3-4-27-60-46(58)32(2)52-62(59,61-40-16-9-6-10-17-40)48(49,50)38-22-21-34-19-20-35(28-36(34)29-38)43(55)51-41-18-12-11-15-39-23-24-42(54(39)44(41)56)45(57)53-31-37(30-47(53)25-26-47)33-13-7-5-8-14-33/h5-10,13-14,16-17,19-22,28-29,32,37,39,41-42H,3-4,11-12,15,18,23-27,30-31H2,1-2H3,(H,51,55)(H,52,59)/t32-,37?,39-,41-,42-,62?/m0/s1. The fourth-order valence-corrected chi connectivity index (χ4v) is 11.4. The molecule has 2 unspecified atom stereocenters. The highest BCUT2D eigenvalue weighted by Crippen LogP contribution is 2.63. The summed E-state index contributed by atoms with van der Waals surface area (Å²) < 4.78 is 58.6. The van der Waals surface area contributed by atoms with Crippen molar-refractivity contribution < 1.29 is 41.8 Å². The average molecular weight is 869 g/mol. The van der Waals surface area contributed by atoms with Crippen molar-refractivity contribution in [3.63, 3.8) is 0 Å². The molecule has 4 aromatic rings. The second kappa shape index (κ2) is 17.9. The Kier molecular flexibility index (Phi) is 12.6. The third-order valence-electron chi connectivity index (χ3n) is 13.1. The first-order chi connectivity index (χ1) is 29.8. The largest absolute Gasteiger partial charge is 0.465 e. The predicted octanol–water partition coefficient (Wildman–Crippen LogP) is 9.06. The molecule has 2 N–H and O–H groups in total. The molecule has 0 aromatic heterocycles. The van der Waals surface area contributed by atoms with Crippen LogP contribution in [0, 0.1) is 0 Å². The van der Waals surface area contributed by atoms with Gasteiger partial charge in [0.2, 0.25) is 11.8 Å². The molecule has 1 spiro atoms. The maximum atomic E-state index is 16.7. The van der Waals surface area contributed by atoms with Gasteiger partial charge in [-0.1, -0.05) is 92.9 Å². The third-order valence-corrected chi connectivity index (χ3v) is 15.3. The van der Waals surface area contributed by atoms with E-state index < -0.39 is 48.7 Å². The van der Waals surface area contributed by atoms with Crippen LogP contribution in [-0.4, -0.2) is 76.3 Å². The molecule has 1 saturated carbocycles. The molecule has 4 fully saturated rings. The van der Waals surface area contributed by atoms with Gasteiger partial charge in [-0.2, -0.15) is 8.78 Å². The summed E-state index contributed by atoms with van der Waals surface area (Å²) in [6.07, 6.45) is 8.25. The predicted molar refractivity (Wildman–Crippen MR) is 232 cm³/mol. The number of carbonyl (C=O) groups is 4. The Labute approximate surface area is 361 Å². The van der Waals surface area contributed by atoms with E-state index in [1.54, 1.807) is 35.2 Å². The minimum atomic E-state index is -5.25. The first kappa shape index (κ1) is 43.5. The Morgan fingerprint density at radius 2 is 1.61 bits per heavy atom. The molecule has 3 heterocycles. The van der Waals surface area contributed by atoms with Crippen LogP contribution in [-0.2, 0) is 29.3 Å². The Balaban J connectivity index is 1.01. The zero-order valence-electron chi connectivity index (χ0n) is 35.3. The second-order valence-corrected chi connectivity index (χ2v) is 19.5. The minimum absolute atomic E-state index is 0.000143. The summed E-state index contributed by atoms with van der Waals surface area (Å²) >= 11 is 0. The number of nitrogens with zero attached hydrogens (tertiary/aromatic N) is 2. The number of esters is 1. The highest BCUT2D eigenvalue weighted by molar-refractivity contribution is 7.58. The summed E-state index contributed by atoms with van der Waals surface area (Å²) in [7, 11) is -5.25. The Morgan fingerprint density at radius 3 is 2.34 bits per heavy atom. The minimum Gasteiger partial charge on any atom is -0.465 e. The molecule has 4 aliphatic rings. The van der Waals surface area contributed by atoms with Crippen molar-refractivity contribution in [1.29, 1.82) is 0 Å². The van der Waals surface area contributed by atoms with Crippen molar-refractivity contribution in [2.24, 2.45) is 0 Å². The number of fused-ring (bicyclic) bond motifs is 2. The molecule has 328 valence electrons. The van der Waals surface area contributed by atoms with Gasteiger partial charge in [-0.3, -0.25) is 23.7 Å². The monoisotopic (exact) mass is 868 g/mol. The van der Waals surface area contributed by atoms with E-state index in [0.29, 0.717) is 31.2 Å². The van der Waals surface area contributed by atoms with Crippen LogP contribution in [0.4, 0.5) is 8.78 Å². The number of hydrogen-bond acceptors (Lipinski definition) is 7. The number of carbonyl (C=O) groups excluding carboxylic acids is 4. The smallest absolute Gasteiger partial charge is 0.390 e. The molecular weight excluding hydrogens is 814 g/mol. The molecule has 0 radical (unpaired) electrons. The van der Waals surface area contributed by atoms with E-state index in [1.807, 2.05) is 25.1 Å². The van der Waals surface area contributed by atoms with Crippen LogP contribution < -0.4 is 14.9 Å². The Hall–Kier alpha value is -5.13. The number of halogens is 2. The lowest BCUT2D eigenvalue weighted by Gasteiger charge is -2.37. The summed E-state index contributed by atoms with van der Waals surface area (Å²) in [5.41, 5.74) is -3.61. The fourth-order valence-electron chi connectivity index (χ4n) is 9.56. The second-order valence-electron chi connectivity index (χ2n) is 17.4. The van der Waals surface area contributed by atoms with Gasteiger partial charge in [0, 0.05) is 35.2 Å². The van der Waals surface area contributed by atoms with E-state index in [2.05, 4.69) is 27.4 Å².